The number of fused-ring (bicyclic) bond motifs is 8. The largest absolute Gasteiger partial charge is 0.507 e. The molecule has 2 bridgehead atoms. The number of ether oxygens (including phenoxy) is 6. The van der Waals surface area contributed by atoms with Gasteiger partial charge in [-0.2, -0.15) is 0 Å². The third-order valence-corrected chi connectivity index (χ3v) is 15.0. The molecular formula is C56H40O32. The second-order valence-corrected chi connectivity index (χ2v) is 20.1. The van der Waals surface area contributed by atoms with Crippen molar-refractivity contribution in [3.63, 3.8) is 0 Å². The quantitative estimate of drug-likeness (QED) is 0.0669. The number of esters is 5. The molecule has 88 heavy (non-hydrogen) atoms. The summed E-state index contributed by atoms with van der Waals surface area (Å²) in [5, 5.41) is 233. The van der Waals surface area contributed by atoms with Crippen LogP contribution in [0.1, 0.15) is 86.1 Å². The molecule has 0 saturated heterocycles. The fraction of sp³-hybridized carbons (Fsp3) is 0.161. The highest BCUT2D eigenvalue weighted by atomic mass is 16.6. The van der Waals surface area contributed by atoms with Gasteiger partial charge in [0, 0.05) is 57.0 Å². The molecule has 0 unspecified atom stereocenters. The van der Waals surface area contributed by atoms with Gasteiger partial charge in [-0.3, -0.25) is 0 Å². The Kier molecular flexibility index (Phi) is 13.2. The van der Waals surface area contributed by atoms with Crippen molar-refractivity contribution in [2.75, 3.05) is 6.61 Å². The normalized spacial score (nSPS) is 20.3. The van der Waals surface area contributed by atoms with Crippen molar-refractivity contribution in [2.45, 2.75) is 49.0 Å². The predicted molar refractivity (Wildman–Crippen MR) is 278 cm³/mol. The van der Waals surface area contributed by atoms with Gasteiger partial charge in [-0.15, -0.1) is 0 Å². The summed E-state index contributed by atoms with van der Waals surface area (Å²) < 4.78 is 35.5. The van der Waals surface area contributed by atoms with E-state index in [1.807, 2.05) is 0 Å². The van der Waals surface area contributed by atoms with E-state index in [9.17, 15) is 117 Å². The Bertz CT molecular complexity index is 4250. The lowest BCUT2D eigenvalue weighted by atomic mass is 9.73. The first kappa shape index (κ1) is 57.5. The fourth-order valence-corrected chi connectivity index (χ4v) is 11.0. The molecule has 4 aliphatic heterocycles. The number of hydrogen-bond donors (Lipinski definition) is 21. The van der Waals surface area contributed by atoms with Crippen LogP contribution in [0.3, 0.4) is 0 Å². The number of cyclic esters (lactones) is 3. The summed E-state index contributed by atoms with van der Waals surface area (Å²) in [5.41, 5.74) is -13.9. The molecule has 456 valence electrons. The molecular weight excluding hydrogens is 1180 g/mol. The molecule has 0 fully saturated rings. The van der Waals surface area contributed by atoms with Crippen LogP contribution in [-0.4, -0.2) is 174 Å². The predicted octanol–water partition coefficient (Wildman–Crippen LogP) is 3.00. The van der Waals surface area contributed by atoms with E-state index in [0.29, 0.717) is 30.3 Å². The summed E-state index contributed by atoms with van der Waals surface area (Å²) in [5.74, 6) is -40.2. The van der Waals surface area contributed by atoms with E-state index in [0.717, 1.165) is 12.1 Å². The molecule has 0 amide bonds. The van der Waals surface area contributed by atoms with Crippen LogP contribution in [0.5, 0.6) is 121 Å². The van der Waals surface area contributed by atoms with Gasteiger partial charge in [-0.05, 0) is 42.5 Å². The first-order chi connectivity index (χ1) is 41.4. The van der Waals surface area contributed by atoms with Gasteiger partial charge in [-0.1, -0.05) is 0 Å². The SMILES string of the molecule is O=C(O[C@@H]1COC(=O)c2cc(O)c(O)c(O)c2-c2c(cc(O)c(O)c2O)C(=O)O[C@H]1[C@@H]1OC(=O)c2cc(O)c(O)c(O)c2-c2c(O)c(O)c(O)c3c2C(=O)O[C@H]1[C@H]3c1c(O)cc(O)c2c1O[C@H](c1cc(O)c(O)c(O)c1)[C@@H](O)C2)c1cc(O)c(O)c(O)c1. The number of aromatic hydroxyl groups is 20. The van der Waals surface area contributed by atoms with Crippen LogP contribution in [-0.2, 0) is 30.1 Å². The second-order valence-electron chi connectivity index (χ2n) is 20.1. The minimum absolute atomic E-state index is 0.280. The maximum absolute atomic E-state index is 15.3. The molecule has 32 heteroatoms. The Morgan fingerprint density at radius 1 is 0.398 bits per heavy atom. The zero-order chi connectivity index (χ0) is 63.9. The summed E-state index contributed by atoms with van der Waals surface area (Å²) in [6.07, 6.45) is -16.2. The number of hydrogen-bond acceptors (Lipinski definition) is 32. The van der Waals surface area contributed by atoms with Gasteiger partial charge in [0.25, 0.3) is 0 Å². The minimum atomic E-state index is -3.04. The van der Waals surface area contributed by atoms with Crippen LogP contribution in [0.15, 0.2) is 48.5 Å². The molecule has 4 aliphatic rings. The topological polar surface area (TPSA) is 566 Å². The minimum Gasteiger partial charge on any atom is -0.507 e. The van der Waals surface area contributed by atoms with Crippen LogP contribution in [0, 0.1) is 0 Å². The van der Waals surface area contributed by atoms with Gasteiger partial charge in [0.1, 0.15) is 23.9 Å². The highest BCUT2D eigenvalue weighted by Gasteiger charge is 2.57. The van der Waals surface area contributed by atoms with E-state index in [2.05, 4.69) is 0 Å². The first-order valence-corrected chi connectivity index (χ1v) is 25.0. The van der Waals surface area contributed by atoms with Crippen molar-refractivity contribution < 1.29 is 160 Å². The standard InChI is InChI=1S/C56H40O32/c57-17-9-18(58)31(48-13(17)5-26(66)47(85-48)11-1-19(59)36(67)20(60)2-11)34-33-35-32(44(75)46(77)45(33)76)30-16(8-25(65)40(71)43(30)74)55(81)88-51(50(34)87-56(35)82)49-27(84-52(78)12-3-21(61)37(68)22(62)4-12)10-83-53(79)14-6-23(63)38(69)41(72)28(14)29-15(54(80)86-49)7-24(64)39(70)42(29)73/h1-4,6-9,26-27,34,47,49-51,57-77H,5,10H2/t26-,27+,34-,47+,49+,50-,51-/m0/s1. The van der Waals surface area contributed by atoms with Crippen LogP contribution in [0.2, 0.25) is 0 Å². The van der Waals surface area contributed by atoms with Crippen LogP contribution in [0.4, 0.5) is 0 Å². The monoisotopic (exact) mass is 1220 g/mol. The summed E-state index contributed by atoms with van der Waals surface area (Å²) in [6.45, 7) is -1.65. The van der Waals surface area contributed by atoms with Crippen molar-refractivity contribution in [2.24, 2.45) is 0 Å². The summed E-state index contributed by atoms with van der Waals surface area (Å²) in [6, 6.07) is 4.02. The van der Waals surface area contributed by atoms with E-state index >= 15 is 14.4 Å². The van der Waals surface area contributed by atoms with E-state index in [1.54, 1.807) is 0 Å². The Labute approximate surface area is 485 Å². The van der Waals surface area contributed by atoms with Gasteiger partial charge < -0.3 is 136 Å². The Morgan fingerprint density at radius 3 is 1.36 bits per heavy atom. The molecule has 0 spiro atoms. The maximum atomic E-state index is 15.3. The second kappa shape index (κ2) is 20.2. The summed E-state index contributed by atoms with van der Waals surface area (Å²) in [7, 11) is 0. The molecule has 0 saturated carbocycles. The van der Waals surface area contributed by atoms with Crippen molar-refractivity contribution in [3.8, 4) is 143 Å². The number of rotatable bonds is 5. The highest BCUT2D eigenvalue weighted by Crippen LogP contribution is 2.62. The van der Waals surface area contributed by atoms with Gasteiger partial charge in [0.15, 0.2) is 111 Å². The van der Waals surface area contributed by atoms with Crippen molar-refractivity contribution in [1.29, 1.82) is 0 Å². The first-order valence-electron chi connectivity index (χ1n) is 25.0. The van der Waals surface area contributed by atoms with E-state index in [1.165, 1.54) is 0 Å². The number of aliphatic hydroxyl groups is 1. The van der Waals surface area contributed by atoms with E-state index in [4.69, 9.17) is 28.4 Å². The third kappa shape index (κ3) is 8.60. The Balaban J connectivity index is 1.25. The smallest absolute Gasteiger partial charge is 0.339 e. The molecule has 21 N–H and O–H groups in total. The van der Waals surface area contributed by atoms with Crippen molar-refractivity contribution in [3.05, 3.63) is 98.6 Å². The van der Waals surface area contributed by atoms with Crippen LogP contribution >= 0.6 is 0 Å². The lowest BCUT2D eigenvalue weighted by Gasteiger charge is -2.43. The number of phenolic OH excluding ortho intramolecular Hbond substituents is 20. The average molecular weight is 1220 g/mol. The molecule has 7 aromatic rings. The van der Waals surface area contributed by atoms with Crippen LogP contribution in [0.25, 0.3) is 22.3 Å². The van der Waals surface area contributed by atoms with E-state index < -0.39 is 273 Å². The lowest BCUT2D eigenvalue weighted by Crippen LogP contribution is -2.56. The van der Waals surface area contributed by atoms with Gasteiger partial charge in [0.2, 0.25) is 23.0 Å². The molecule has 7 atom stereocenters. The summed E-state index contributed by atoms with van der Waals surface area (Å²) in [4.78, 5) is 74.8. The molecule has 0 radical (unpaired) electrons. The number of carbonyl (C=O) groups is 5. The molecule has 0 aromatic heterocycles. The molecule has 0 aliphatic carbocycles. The number of carbonyl (C=O) groups excluding carboxylic acids is 5. The van der Waals surface area contributed by atoms with E-state index in [-0.39, 0.29) is 11.6 Å². The van der Waals surface area contributed by atoms with Crippen LogP contribution < -0.4 is 4.74 Å². The third-order valence-electron chi connectivity index (χ3n) is 15.0. The molecule has 32 nitrogen and oxygen atoms in total. The van der Waals surface area contributed by atoms with Gasteiger partial charge in [-0.25, -0.2) is 24.0 Å². The Morgan fingerprint density at radius 2 is 0.841 bits per heavy atom. The van der Waals surface area contributed by atoms with Crippen molar-refractivity contribution in [1.82, 2.24) is 0 Å². The molecule has 4 heterocycles. The van der Waals surface area contributed by atoms with Gasteiger partial charge >= 0.3 is 29.8 Å². The molecule has 11 rings (SSSR count). The Hall–Kier alpha value is -12.4. The summed E-state index contributed by atoms with van der Waals surface area (Å²) >= 11 is 0. The lowest BCUT2D eigenvalue weighted by molar-refractivity contribution is -0.135. The zero-order valence-corrected chi connectivity index (χ0v) is 43.5. The number of phenols is 20. The highest BCUT2D eigenvalue weighted by molar-refractivity contribution is 6.11. The number of aliphatic hydroxyl groups excluding tert-OH is 1. The molecule has 7 aromatic carbocycles. The van der Waals surface area contributed by atoms with Crippen molar-refractivity contribution >= 4 is 29.8 Å². The number of benzene rings is 7. The zero-order valence-electron chi connectivity index (χ0n) is 43.5. The maximum Gasteiger partial charge on any atom is 0.339 e. The average Bonchev–Trinajstić information content (AvgIpc) is 0.746. The fourth-order valence-electron chi connectivity index (χ4n) is 11.0. The van der Waals surface area contributed by atoms with Gasteiger partial charge in [0.05, 0.1) is 39.8 Å².